The van der Waals surface area contributed by atoms with Crippen molar-refractivity contribution in [2.24, 2.45) is 5.73 Å². The van der Waals surface area contributed by atoms with Gasteiger partial charge in [0.2, 0.25) is 0 Å². The first-order chi connectivity index (χ1) is 8.70. The summed E-state index contributed by atoms with van der Waals surface area (Å²) >= 11 is 4.97. The molecular weight excluding hydrogens is 246 g/mol. The van der Waals surface area contributed by atoms with Crippen molar-refractivity contribution in [3.63, 3.8) is 0 Å². The molecule has 1 aliphatic rings. The van der Waals surface area contributed by atoms with Gasteiger partial charge in [-0.3, -0.25) is 0 Å². The van der Waals surface area contributed by atoms with Gasteiger partial charge in [0.25, 0.3) is 0 Å². The number of hydrogen-bond acceptors (Lipinski definition) is 3. The summed E-state index contributed by atoms with van der Waals surface area (Å²) in [5, 5.41) is 0. The summed E-state index contributed by atoms with van der Waals surface area (Å²) in [7, 11) is 0. The van der Waals surface area contributed by atoms with Gasteiger partial charge in [-0.2, -0.15) is 0 Å². The van der Waals surface area contributed by atoms with Gasteiger partial charge in [0.15, 0.2) is 11.5 Å². The monoisotopic (exact) mass is 265 g/mol. The average Bonchev–Trinajstić information content (AvgIpc) is 2.84. The molecule has 1 fully saturated rings. The molecule has 18 heavy (non-hydrogen) atoms. The van der Waals surface area contributed by atoms with Crippen LogP contribution >= 0.6 is 12.2 Å². The van der Waals surface area contributed by atoms with Crippen molar-refractivity contribution in [1.82, 2.24) is 0 Å². The first-order valence-electron chi connectivity index (χ1n) is 6.44. The van der Waals surface area contributed by atoms with Gasteiger partial charge in [-0.15, -0.1) is 0 Å². The second kappa shape index (κ2) is 6.05. The molecule has 1 aliphatic carbocycles. The Labute approximate surface area is 113 Å². The Morgan fingerprint density at radius 1 is 1.33 bits per heavy atom. The van der Waals surface area contributed by atoms with Crippen LogP contribution in [0, 0.1) is 0 Å². The number of thiocarbonyl (C=S) groups is 1. The molecule has 0 amide bonds. The zero-order valence-corrected chi connectivity index (χ0v) is 11.5. The van der Waals surface area contributed by atoms with E-state index in [0.29, 0.717) is 17.7 Å². The SMILES string of the molecule is CCOc1cc(C(N)=S)ccc1OC1CCCC1. The highest BCUT2D eigenvalue weighted by Gasteiger charge is 2.18. The van der Waals surface area contributed by atoms with Gasteiger partial charge in [0.1, 0.15) is 4.99 Å². The van der Waals surface area contributed by atoms with E-state index in [2.05, 4.69) is 0 Å². The molecule has 0 spiro atoms. The van der Waals surface area contributed by atoms with E-state index in [4.69, 9.17) is 27.4 Å². The highest BCUT2D eigenvalue weighted by atomic mass is 32.1. The molecule has 0 atom stereocenters. The summed E-state index contributed by atoms with van der Waals surface area (Å²) in [5.74, 6) is 1.53. The van der Waals surface area contributed by atoms with Gasteiger partial charge in [-0.25, -0.2) is 0 Å². The number of hydrogen-bond donors (Lipinski definition) is 1. The summed E-state index contributed by atoms with van der Waals surface area (Å²) in [5.41, 5.74) is 6.44. The molecule has 2 rings (SSSR count). The number of nitrogens with two attached hydrogens (primary N) is 1. The quantitative estimate of drug-likeness (QED) is 0.831. The van der Waals surface area contributed by atoms with Crippen LogP contribution in [0.25, 0.3) is 0 Å². The van der Waals surface area contributed by atoms with Crippen LogP contribution in [-0.4, -0.2) is 17.7 Å². The van der Waals surface area contributed by atoms with E-state index in [1.165, 1.54) is 12.8 Å². The van der Waals surface area contributed by atoms with E-state index in [9.17, 15) is 0 Å². The van der Waals surface area contributed by atoms with E-state index >= 15 is 0 Å². The molecule has 2 N–H and O–H groups in total. The lowest BCUT2D eigenvalue weighted by atomic mass is 10.2. The lowest BCUT2D eigenvalue weighted by Crippen LogP contribution is -2.13. The molecule has 0 heterocycles. The fourth-order valence-electron chi connectivity index (χ4n) is 2.21. The Balaban J connectivity index is 2.19. The third-order valence-electron chi connectivity index (χ3n) is 3.12. The van der Waals surface area contributed by atoms with Crippen molar-refractivity contribution in [1.29, 1.82) is 0 Å². The molecule has 1 aromatic carbocycles. The normalized spacial score (nSPS) is 15.6. The van der Waals surface area contributed by atoms with Crippen molar-refractivity contribution < 1.29 is 9.47 Å². The molecule has 3 nitrogen and oxygen atoms in total. The molecule has 0 radical (unpaired) electrons. The number of ether oxygens (including phenoxy) is 2. The Morgan fingerprint density at radius 3 is 2.67 bits per heavy atom. The minimum Gasteiger partial charge on any atom is -0.490 e. The largest absolute Gasteiger partial charge is 0.490 e. The average molecular weight is 265 g/mol. The second-order valence-corrected chi connectivity index (χ2v) is 4.92. The Hall–Kier alpha value is -1.29. The van der Waals surface area contributed by atoms with E-state index in [-0.39, 0.29) is 0 Å². The fraction of sp³-hybridized carbons (Fsp3) is 0.500. The minimum absolute atomic E-state index is 0.319. The van der Waals surface area contributed by atoms with Crippen LogP contribution in [0.15, 0.2) is 18.2 Å². The van der Waals surface area contributed by atoms with Crippen LogP contribution in [0.2, 0.25) is 0 Å². The van der Waals surface area contributed by atoms with Gasteiger partial charge >= 0.3 is 0 Å². The summed E-state index contributed by atoms with van der Waals surface area (Å²) in [6.45, 7) is 2.55. The predicted octanol–water partition coefficient (Wildman–Crippen LogP) is 3.04. The van der Waals surface area contributed by atoms with E-state index in [0.717, 1.165) is 29.9 Å². The first-order valence-corrected chi connectivity index (χ1v) is 6.85. The maximum Gasteiger partial charge on any atom is 0.161 e. The Morgan fingerprint density at radius 2 is 2.06 bits per heavy atom. The molecule has 98 valence electrons. The van der Waals surface area contributed by atoms with Crippen molar-refractivity contribution in [2.45, 2.75) is 38.7 Å². The van der Waals surface area contributed by atoms with E-state index in [1.807, 2.05) is 25.1 Å². The van der Waals surface area contributed by atoms with Gasteiger partial charge < -0.3 is 15.2 Å². The zero-order chi connectivity index (χ0) is 13.0. The highest BCUT2D eigenvalue weighted by Crippen LogP contribution is 2.32. The van der Waals surface area contributed by atoms with Gasteiger partial charge in [0.05, 0.1) is 12.7 Å². The first kappa shape index (κ1) is 13.1. The molecule has 0 unspecified atom stereocenters. The lowest BCUT2D eigenvalue weighted by molar-refractivity contribution is 0.197. The van der Waals surface area contributed by atoms with E-state index in [1.54, 1.807) is 0 Å². The molecular formula is C14H19NO2S. The van der Waals surface area contributed by atoms with Gasteiger partial charge in [-0.1, -0.05) is 12.2 Å². The van der Waals surface area contributed by atoms with Crippen molar-refractivity contribution in [3.8, 4) is 11.5 Å². The fourth-order valence-corrected chi connectivity index (χ4v) is 2.34. The van der Waals surface area contributed by atoms with Crippen LogP contribution in [0.5, 0.6) is 11.5 Å². The second-order valence-electron chi connectivity index (χ2n) is 4.48. The molecule has 0 bridgehead atoms. The molecule has 0 aliphatic heterocycles. The maximum atomic E-state index is 5.98. The van der Waals surface area contributed by atoms with E-state index < -0.39 is 0 Å². The van der Waals surface area contributed by atoms with Crippen molar-refractivity contribution in [2.75, 3.05) is 6.61 Å². The van der Waals surface area contributed by atoms with Gasteiger partial charge in [0, 0.05) is 5.56 Å². The summed E-state index contributed by atoms with van der Waals surface area (Å²) in [6, 6.07) is 5.64. The van der Waals surface area contributed by atoms with Crippen molar-refractivity contribution >= 4 is 17.2 Å². The van der Waals surface area contributed by atoms with Crippen LogP contribution in [0.4, 0.5) is 0 Å². The Bertz CT molecular complexity index is 428. The number of benzene rings is 1. The highest BCUT2D eigenvalue weighted by molar-refractivity contribution is 7.80. The number of rotatable bonds is 5. The third kappa shape index (κ3) is 3.13. The lowest BCUT2D eigenvalue weighted by Gasteiger charge is -2.17. The molecule has 1 aromatic rings. The van der Waals surface area contributed by atoms with Crippen LogP contribution in [0.1, 0.15) is 38.2 Å². The van der Waals surface area contributed by atoms with Crippen molar-refractivity contribution in [3.05, 3.63) is 23.8 Å². The van der Waals surface area contributed by atoms with Gasteiger partial charge in [-0.05, 0) is 50.8 Å². The summed E-state index contributed by atoms with van der Waals surface area (Å²) in [4.78, 5) is 0.378. The molecule has 0 saturated heterocycles. The predicted molar refractivity (Wildman–Crippen MR) is 76.4 cm³/mol. The zero-order valence-electron chi connectivity index (χ0n) is 10.6. The molecule has 0 aromatic heterocycles. The van der Waals surface area contributed by atoms with Crippen LogP contribution < -0.4 is 15.2 Å². The maximum absolute atomic E-state index is 5.98. The minimum atomic E-state index is 0.319. The molecule has 4 heteroatoms. The molecule has 1 saturated carbocycles. The summed E-state index contributed by atoms with van der Waals surface area (Å²) in [6.07, 6.45) is 5.07. The topological polar surface area (TPSA) is 44.5 Å². The third-order valence-corrected chi connectivity index (χ3v) is 3.36. The Kier molecular flexibility index (Phi) is 4.42. The van der Waals surface area contributed by atoms with Crippen LogP contribution in [0.3, 0.4) is 0 Å². The van der Waals surface area contributed by atoms with Crippen LogP contribution in [-0.2, 0) is 0 Å². The summed E-state index contributed by atoms with van der Waals surface area (Å²) < 4.78 is 11.6. The smallest absolute Gasteiger partial charge is 0.161 e. The standard InChI is InChI=1S/C14H19NO2S/c1-2-16-13-9-10(14(15)18)7-8-12(13)17-11-5-3-4-6-11/h7-9,11H,2-6H2,1H3,(H2,15,18).